The van der Waals surface area contributed by atoms with Gasteiger partial charge in [0.15, 0.2) is 0 Å². The predicted molar refractivity (Wildman–Crippen MR) is 116 cm³/mol. The van der Waals surface area contributed by atoms with Crippen LogP contribution in [0, 0.1) is 0 Å². The molecule has 2 aromatic carbocycles. The summed E-state index contributed by atoms with van der Waals surface area (Å²) in [5.74, 6) is -0.0737. The van der Waals surface area contributed by atoms with E-state index in [1.165, 1.54) is 6.08 Å². The number of rotatable bonds is 7. The van der Waals surface area contributed by atoms with E-state index in [9.17, 15) is 9.59 Å². The molecule has 0 unspecified atom stereocenters. The summed E-state index contributed by atoms with van der Waals surface area (Å²) in [5, 5.41) is 11.8. The summed E-state index contributed by atoms with van der Waals surface area (Å²) >= 11 is 1.55. The number of amides is 2. The third-order valence-electron chi connectivity index (χ3n) is 4.78. The van der Waals surface area contributed by atoms with Crippen LogP contribution in [-0.2, 0) is 9.59 Å². The van der Waals surface area contributed by atoms with Crippen LogP contribution in [0.15, 0.2) is 65.6 Å². The molecule has 0 radical (unpaired) electrons. The highest BCUT2D eigenvalue weighted by molar-refractivity contribution is 8.00. The number of nitrogens with one attached hydrogen (secondary N) is 2. The fraction of sp³-hybridized carbons (Fsp3) is 0.273. The molecular formula is C22H25N3O3S. The Morgan fingerprint density at radius 3 is 2.48 bits per heavy atom. The van der Waals surface area contributed by atoms with Crippen molar-refractivity contribution in [2.75, 3.05) is 23.7 Å². The summed E-state index contributed by atoms with van der Waals surface area (Å²) < 4.78 is 0. The van der Waals surface area contributed by atoms with Gasteiger partial charge < -0.3 is 10.2 Å². The van der Waals surface area contributed by atoms with Crippen LogP contribution in [0.3, 0.4) is 0 Å². The van der Waals surface area contributed by atoms with Gasteiger partial charge in [-0.05, 0) is 42.7 Å². The molecule has 1 saturated heterocycles. The van der Waals surface area contributed by atoms with Gasteiger partial charge in [0.25, 0.3) is 5.91 Å². The lowest BCUT2D eigenvalue weighted by molar-refractivity contribution is -0.124. The summed E-state index contributed by atoms with van der Waals surface area (Å²) in [6, 6.07) is 17.9. The van der Waals surface area contributed by atoms with Crippen molar-refractivity contribution in [3.63, 3.8) is 0 Å². The Labute approximate surface area is 174 Å². The number of hydroxylamine groups is 1. The third kappa shape index (κ3) is 6.37. The molecule has 2 amide bonds. The summed E-state index contributed by atoms with van der Waals surface area (Å²) in [6.45, 7) is 1.65. The van der Waals surface area contributed by atoms with Gasteiger partial charge in [-0.1, -0.05) is 36.4 Å². The van der Waals surface area contributed by atoms with Crippen LogP contribution in [-0.4, -0.2) is 41.9 Å². The topological polar surface area (TPSA) is 81.7 Å². The SMILES string of the molecule is O=C(/C=C/c1ccccc1N1CCC(NC(=O)CSc2ccccc2)CC1)NO. The van der Waals surface area contributed by atoms with Gasteiger partial charge in [0, 0.05) is 35.8 Å². The zero-order valence-electron chi connectivity index (χ0n) is 16.1. The zero-order valence-corrected chi connectivity index (χ0v) is 16.9. The molecule has 6 nitrogen and oxygen atoms in total. The Kier molecular flexibility index (Phi) is 7.72. The first kappa shape index (κ1) is 21.0. The molecule has 7 heteroatoms. The number of carbonyl (C=O) groups is 2. The van der Waals surface area contributed by atoms with E-state index in [0.29, 0.717) is 5.75 Å². The lowest BCUT2D eigenvalue weighted by Gasteiger charge is -2.34. The summed E-state index contributed by atoms with van der Waals surface area (Å²) in [6.07, 6.45) is 4.74. The first-order valence-corrected chi connectivity index (χ1v) is 10.6. The van der Waals surface area contributed by atoms with E-state index < -0.39 is 5.91 Å². The van der Waals surface area contributed by atoms with E-state index in [1.807, 2.05) is 54.6 Å². The number of anilines is 1. The average molecular weight is 412 g/mol. The maximum absolute atomic E-state index is 12.3. The Balaban J connectivity index is 1.50. The Morgan fingerprint density at radius 1 is 1.07 bits per heavy atom. The molecule has 3 rings (SSSR count). The molecule has 0 aromatic heterocycles. The van der Waals surface area contributed by atoms with Crippen LogP contribution in [0.2, 0.25) is 0 Å². The number of benzene rings is 2. The molecule has 0 atom stereocenters. The smallest absolute Gasteiger partial charge is 0.267 e. The molecule has 0 bridgehead atoms. The van der Waals surface area contributed by atoms with Gasteiger partial charge in [0.2, 0.25) is 5.91 Å². The monoisotopic (exact) mass is 411 g/mol. The van der Waals surface area contributed by atoms with Gasteiger partial charge >= 0.3 is 0 Å². The first-order valence-electron chi connectivity index (χ1n) is 9.59. The number of hydrogen-bond donors (Lipinski definition) is 3. The Morgan fingerprint density at radius 2 is 1.76 bits per heavy atom. The average Bonchev–Trinajstić information content (AvgIpc) is 2.77. The van der Waals surface area contributed by atoms with Crippen LogP contribution in [0.25, 0.3) is 6.08 Å². The summed E-state index contributed by atoms with van der Waals surface area (Å²) in [5.41, 5.74) is 3.55. The minimum atomic E-state index is -0.561. The van der Waals surface area contributed by atoms with Gasteiger partial charge in [0.1, 0.15) is 0 Å². The van der Waals surface area contributed by atoms with Crippen molar-refractivity contribution in [2.45, 2.75) is 23.8 Å². The molecular weight excluding hydrogens is 386 g/mol. The molecule has 152 valence electrons. The van der Waals surface area contributed by atoms with Gasteiger partial charge in [-0.15, -0.1) is 11.8 Å². The fourth-order valence-electron chi connectivity index (χ4n) is 3.32. The van der Waals surface area contributed by atoms with Crippen LogP contribution >= 0.6 is 11.8 Å². The van der Waals surface area contributed by atoms with Crippen LogP contribution in [0.5, 0.6) is 0 Å². The van der Waals surface area contributed by atoms with Crippen molar-refractivity contribution in [1.29, 1.82) is 0 Å². The molecule has 0 aliphatic carbocycles. The summed E-state index contributed by atoms with van der Waals surface area (Å²) in [4.78, 5) is 26.9. The first-order chi connectivity index (χ1) is 14.2. The molecule has 1 heterocycles. The third-order valence-corrected chi connectivity index (χ3v) is 5.79. The second-order valence-corrected chi connectivity index (χ2v) is 7.85. The largest absolute Gasteiger partial charge is 0.371 e. The maximum atomic E-state index is 12.3. The molecule has 0 spiro atoms. The van der Waals surface area contributed by atoms with Gasteiger partial charge in [0.05, 0.1) is 5.75 Å². The second kappa shape index (κ2) is 10.7. The number of thioether (sulfide) groups is 1. The number of para-hydroxylation sites is 1. The van der Waals surface area contributed by atoms with Crippen molar-refractivity contribution in [1.82, 2.24) is 10.8 Å². The van der Waals surface area contributed by atoms with E-state index in [1.54, 1.807) is 23.3 Å². The van der Waals surface area contributed by atoms with E-state index in [0.717, 1.165) is 42.1 Å². The molecule has 1 aliphatic heterocycles. The van der Waals surface area contributed by atoms with E-state index in [4.69, 9.17) is 5.21 Å². The Hall–Kier alpha value is -2.77. The van der Waals surface area contributed by atoms with Gasteiger partial charge in [-0.3, -0.25) is 14.8 Å². The molecule has 1 aliphatic rings. The number of carbonyl (C=O) groups excluding carboxylic acids is 2. The lowest BCUT2D eigenvalue weighted by Crippen LogP contribution is -2.45. The minimum absolute atomic E-state index is 0.0654. The molecule has 29 heavy (non-hydrogen) atoms. The molecule has 2 aromatic rings. The van der Waals surface area contributed by atoms with Crippen LogP contribution in [0.4, 0.5) is 5.69 Å². The highest BCUT2D eigenvalue weighted by atomic mass is 32.2. The van der Waals surface area contributed by atoms with E-state index in [-0.39, 0.29) is 11.9 Å². The quantitative estimate of drug-likeness (QED) is 0.282. The number of nitrogens with zero attached hydrogens (tertiary/aromatic N) is 1. The van der Waals surface area contributed by atoms with Crippen molar-refractivity contribution in [3.8, 4) is 0 Å². The highest BCUT2D eigenvalue weighted by Gasteiger charge is 2.21. The van der Waals surface area contributed by atoms with Crippen molar-refractivity contribution in [3.05, 3.63) is 66.2 Å². The van der Waals surface area contributed by atoms with E-state index >= 15 is 0 Å². The molecule has 3 N–H and O–H groups in total. The fourth-order valence-corrected chi connectivity index (χ4v) is 4.05. The predicted octanol–water partition coefficient (Wildman–Crippen LogP) is 3.08. The van der Waals surface area contributed by atoms with Crippen molar-refractivity contribution < 1.29 is 14.8 Å². The summed E-state index contributed by atoms with van der Waals surface area (Å²) in [7, 11) is 0. The standard InChI is InChI=1S/C22H25N3O3S/c26-21(24-28)11-10-17-6-4-5-9-20(17)25-14-12-18(13-15-25)23-22(27)16-29-19-7-2-1-3-8-19/h1-11,18,28H,12-16H2,(H,23,27)(H,24,26)/b11-10+. The number of hydrogen-bond acceptors (Lipinski definition) is 5. The Bertz CT molecular complexity index is 849. The van der Waals surface area contributed by atoms with Gasteiger partial charge in [-0.2, -0.15) is 0 Å². The van der Waals surface area contributed by atoms with Gasteiger partial charge in [-0.25, -0.2) is 5.48 Å². The minimum Gasteiger partial charge on any atom is -0.371 e. The zero-order chi connectivity index (χ0) is 20.5. The van der Waals surface area contributed by atoms with Crippen LogP contribution < -0.4 is 15.7 Å². The van der Waals surface area contributed by atoms with Crippen LogP contribution in [0.1, 0.15) is 18.4 Å². The van der Waals surface area contributed by atoms with Crippen molar-refractivity contribution >= 4 is 35.3 Å². The maximum Gasteiger partial charge on any atom is 0.267 e. The number of piperidine rings is 1. The second-order valence-electron chi connectivity index (χ2n) is 6.80. The lowest BCUT2D eigenvalue weighted by atomic mass is 10.0. The molecule has 1 fully saturated rings. The van der Waals surface area contributed by atoms with E-state index in [2.05, 4.69) is 10.2 Å². The normalized spacial score (nSPS) is 14.7. The van der Waals surface area contributed by atoms with Crippen molar-refractivity contribution in [2.24, 2.45) is 0 Å². The molecule has 0 saturated carbocycles. The highest BCUT2D eigenvalue weighted by Crippen LogP contribution is 2.25.